The van der Waals surface area contributed by atoms with E-state index in [0.29, 0.717) is 5.41 Å². The van der Waals surface area contributed by atoms with Crippen LogP contribution < -0.4 is 0 Å². The summed E-state index contributed by atoms with van der Waals surface area (Å²) in [5.74, 6) is 2.97. The second-order valence-corrected chi connectivity index (χ2v) is 7.00. The molecule has 2 saturated carbocycles. The average molecular weight is 218 g/mol. The van der Waals surface area contributed by atoms with Crippen LogP contribution in [0.15, 0.2) is 11.6 Å². The quantitative estimate of drug-likeness (QED) is 0.505. The first kappa shape index (κ1) is 10.9. The van der Waals surface area contributed by atoms with Gasteiger partial charge in [0.05, 0.1) is 0 Å². The molecular formula is C16H26. The minimum atomic E-state index is 0.617. The van der Waals surface area contributed by atoms with Crippen LogP contribution in [-0.2, 0) is 0 Å². The highest BCUT2D eigenvalue weighted by Gasteiger charge is 2.44. The topological polar surface area (TPSA) is 0 Å². The fourth-order valence-corrected chi connectivity index (χ4v) is 4.81. The van der Waals surface area contributed by atoms with Crippen LogP contribution >= 0.6 is 0 Å². The van der Waals surface area contributed by atoms with Crippen LogP contribution in [0, 0.1) is 23.2 Å². The van der Waals surface area contributed by atoms with Gasteiger partial charge in [0, 0.05) is 0 Å². The van der Waals surface area contributed by atoms with Gasteiger partial charge in [-0.1, -0.05) is 31.9 Å². The molecule has 0 spiro atoms. The minimum Gasteiger partial charge on any atom is -0.0848 e. The summed E-state index contributed by atoms with van der Waals surface area (Å²) in [6.45, 7) is 5.04. The van der Waals surface area contributed by atoms with E-state index in [0.717, 1.165) is 17.8 Å². The molecule has 0 aromatic carbocycles. The fourth-order valence-electron chi connectivity index (χ4n) is 4.81. The molecule has 0 heteroatoms. The summed E-state index contributed by atoms with van der Waals surface area (Å²) < 4.78 is 0. The molecule has 0 N–H and O–H groups in total. The lowest BCUT2D eigenvalue weighted by Gasteiger charge is -2.51. The second kappa shape index (κ2) is 3.89. The molecule has 0 nitrogen and oxygen atoms in total. The first-order valence-corrected chi connectivity index (χ1v) is 7.38. The summed E-state index contributed by atoms with van der Waals surface area (Å²) >= 11 is 0. The van der Waals surface area contributed by atoms with E-state index in [1.165, 1.54) is 51.4 Å². The van der Waals surface area contributed by atoms with Gasteiger partial charge in [-0.2, -0.15) is 0 Å². The maximum Gasteiger partial charge on any atom is -0.0167 e. The van der Waals surface area contributed by atoms with Crippen molar-refractivity contribution in [2.45, 2.75) is 65.2 Å². The molecule has 16 heavy (non-hydrogen) atoms. The van der Waals surface area contributed by atoms with Gasteiger partial charge in [0.1, 0.15) is 0 Å². The lowest BCUT2D eigenvalue weighted by atomic mass is 9.54. The maximum atomic E-state index is 2.63. The molecule has 3 unspecified atom stereocenters. The van der Waals surface area contributed by atoms with Crippen molar-refractivity contribution in [1.29, 1.82) is 0 Å². The van der Waals surface area contributed by atoms with E-state index in [9.17, 15) is 0 Å². The molecule has 0 heterocycles. The minimum absolute atomic E-state index is 0.617. The standard InChI is InChI=1S/C16H26/c1-16(2)11-5-8-14-13-7-4-3-6-12(13)9-10-15(14)16/h7,12,14-15H,3-6,8-11H2,1-2H3. The van der Waals surface area contributed by atoms with E-state index in [4.69, 9.17) is 0 Å². The van der Waals surface area contributed by atoms with E-state index >= 15 is 0 Å². The highest BCUT2D eigenvalue weighted by atomic mass is 14.5. The van der Waals surface area contributed by atoms with E-state index in [1.807, 2.05) is 5.57 Å². The highest BCUT2D eigenvalue weighted by Crippen LogP contribution is 2.55. The van der Waals surface area contributed by atoms with Gasteiger partial charge in [-0.15, -0.1) is 0 Å². The van der Waals surface area contributed by atoms with Gasteiger partial charge in [-0.25, -0.2) is 0 Å². The van der Waals surface area contributed by atoms with Crippen molar-refractivity contribution in [3.63, 3.8) is 0 Å². The van der Waals surface area contributed by atoms with E-state index < -0.39 is 0 Å². The van der Waals surface area contributed by atoms with Gasteiger partial charge in [-0.3, -0.25) is 0 Å². The monoisotopic (exact) mass is 218 g/mol. The predicted octanol–water partition coefficient (Wildman–Crippen LogP) is 4.95. The van der Waals surface area contributed by atoms with Crippen LogP contribution in [0.1, 0.15) is 65.2 Å². The summed E-state index contributed by atoms with van der Waals surface area (Å²) in [6, 6.07) is 0. The average Bonchev–Trinajstić information content (AvgIpc) is 2.28. The van der Waals surface area contributed by atoms with Gasteiger partial charge in [-0.05, 0) is 68.1 Å². The van der Waals surface area contributed by atoms with Gasteiger partial charge in [0.2, 0.25) is 0 Å². The molecule has 0 bridgehead atoms. The van der Waals surface area contributed by atoms with Crippen LogP contribution in [0.25, 0.3) is 0 Å². The third-order valence-corrected chi connectivity index (χ3v) is 5.69. The van der Waals surface area contributed by atoms with Crippen molar-refractivity contribution in [2.24, 2.45) is 23.2 Å². The van der Waals surface area contributed by atoms with Crippen LogP contribution in [0.5, 0.6) is 0 Å². The third kappa shape index (κ3) is 1.65. The number of hydrogen-bond donors (Lipinski definition) is 0. The van der Waals surface area contributed by atoms with E-state index in [-0.39, 0.29) is 0 Å². The summed E-state index contributed by atoms with van der Waals surface area (Å²) in [6.07, 6.45) is 14.4. The highest BCUT2D eigenvalue weighted by molar-refractivity contribution is 5.19. The Morgan fingerprint density at radius 2 is 1.94 bits per heavy atom. The van der Waals surface area contributed by atoms with E-state index in [2.05, 4.69) is 19.9 Å². The zero-order chi connectivity index (χ0) is 11.2. The number of allylic oxidation sites excluding steroid dienone is 2. The second-order valence-electron chi connectivity index (χ2n) is 7.00. The summed E-state index contributed by atoms with van der Waals surface area (Å²) in [5, 5.41) is 0. The molecule has 0 amide bonds. The van der Waals surface area contributed by atoms with Gasteiger partial charge in [0.15, 0.2) is 0 Å². The molecule has 0 aromatic heterocycles. The van der Waals surface area contributed by atoms with Gasteiger partial charge < -0.3 is 0 Å². The van der Waals surface area contributed by atoms with Crippen LogP contribution in [0.3, 0.4) is 0 Å². The molecule has 3 atom stereocenters. The zero-order valence-electron chi connectivity index (χ0n) is 11.0. The Morgan fingerprint density at radius 3 is 2.81 bits per heavy atom. The molecule has 3 aliphatic carbocycles. The SMILES string of the molecule is CC1(C)CCCC2C3=CCCCC3CCC21. The van der Waals surface area contributed by atoms with E-state index in [1.54, 1.807) is 0 Å². The number of rotatable bonds is 0. The van der Waals surface area contributed by atoms with Crippen molar-refractivity contribution in [3.05, 3.63) is 11.6 Å². The molecule has 0 aliphatic heterocycles. The van der Waals surface area contributed by atoms with Crippen LogP contribution in [-0.4, -0.2) is 0 Å². The lowest BCUT2D eigenvalue weighted by Crippen LogP contribution is -2.40. The third-order valence-electron chi connectivity index (χ3n) is 5.69. The van der Waals surface area contributed by atoms with Gasteiger partial charge >= 0.3 is 0 Å². The molecular weight excluding hydrogens is 192 g/mol. The zero-order valence-corrected chi connectivity index (χ0v) is 11.0. The van der Waals surface area contributed by atoms with Crippen molar-refractivity contribution >= 4 is 0 Å². The van der Waals surface area contributed by atoms with Crippen molar-refractivity contribution in [1.82, 2.24) is 0 Å². The molecule has 0 aromatic rings. The Balaban J connectivity index is 1.89. The maximum absolute atomic E-state index is 2.63. The van der Waals surface area contributed by atoms with Crippen molar-refractivity contribution in [3.8, 4) is 0 Å². The Bertz CT molecular complexity index is 297. The summed E-state index contributed by atoms with van der Waals surface area (Å²) in [5.41, 5.74) is 2.52. The first-order chi connectivity index (χ1) is 7.68. The Hall–Kier alpha value is -0.260. The van der Waals surface area contributed by atoms with Gasteiger partial charge in [0.25, 0.3) is 0 Å². The smallest absolute Gasteiger partial charge is 0.0167 e. The molecule has 3 rings (SSSR count). The molecule has 0 radical (unpaired) electrons. The molecule has 0 saturated heterocycles. The molecule has 90 valence electrons. The van der Waals surface area contributed by atoms with Crippen molar-refractivity contribution in [2.75, 3.05) is 0 Å². The first-order valence-electron chi connectivity index (χ1n) is 7.38. The largest absolute Gasteiger partial charge is 0.0848 e. The molecule has 3 aliphatic rings. The normalized spacial score (nSPS) is 41.9. The number of fused-ring (bicyclic) bond motifs is 3. The predicted molar refractivity (Wildman–Crippen MR) is 69.3 cm³/mol. The Morgan fingerprint density at radius 1 is 1.06 bits per heavy atom. The molecule has 2 fully saturated rings. The summed E-state index contributed by atoms with van der Waals surface area (Å²) in [4.78, 5) is 0. The summed E-state index contributed by atoms with van der Waals surface area (Å²) in [7, 11) is 0. The lowest BCUT2D eigenvalue weighted by molar-refractivity contribution is 0.0527. The number of hydrogen-bond acceptors (Lipinski definition) is 0. The Kier molecular flexibility index (Phi) is 2.64. The fraction of sp³-hybridized carbons (Fsp3) is 0.875. The van der Waals surface area contributed by atoms with Crippen LogP contribution in [0.4, 0.5) is 0 Å². The Labute approximate surface area is 101 Å². The van der Waals surface area contributed by atoms with Crippen molar-refractivity contribution < 1.29 is 0 Å². The van der Waals surface area contributed by atoms with Crippen LogP contribution in [0.2, 0.25) is 0 Å².